The number of azo groups is 1. The minimum absolute atomic E-state index is 0.504. The summed E-state index contributed by atoms with van der Waals surface area (Å²) in [6, 6.07) is 30.9. The van der Waals surface area contributed by atoms with Crippen molar-refractivity contribution in [1.82, 2.24) is 0 Å². The molecule has 0 aliphatic heterocycles. The van der Waals surface area contributed by atoms with Gasteiger partial charge in [-0.25, -0.2) is 0 Å². The van der Waals surface area contributed by atoms with E-state index in [0.717, 1.165) is 38.8 Å². The van der Waals surface area contributed by atoms with Crippen LogP contribution < -0.4 is 4.74 Å². The molecule has 0 spiro atoms. The first-order valence-electron chi connectivity index (χ1n) is 9.41. The summed E-state index contributed by atoms with van der Waals surface area (Å²) < 4.78 is 5.84. The fraction of sp³-hybridized carbons (Fsp3) is 0.0400. The van der Waals surface area contributed by atoms with Crippen LogP contribution in [0, 0.1) is 0 Å². The Labute approximate surface area is 185 Å². The number of hydrogen-bond donors (Lipinski definition) is 0. The molecule has 0 heterocycles. The van der Waals surface area contributed by atoms with Gasteiger partial charge in [0.1, 0.15) is 12.4 Å². The van der Waals surface area contributed by atoms with Gasteiger partial charge in [0, 0.05) is 10.0 Å². The number of ether oxygens (including phenoxy) is 1. The average Bonchev–Trinajstić information content (AvgIpc) is 2.79. The van der Waals surface area contributed by atoms with E-state index in [1.165, 1.54) is 0 Å². The van der Waals surface area contributed by atoms with Crippen molar-refractivity contribution in [2.24, 2.45) is 10.2 Å². The van der Waals surface area contributed by atoms with Crippen LogP contribution in [0.15, 0.2) is 107 Å². The van der Waals surface area contributed by atoms with E-state index in [2.05, 4.69) is 10.2 Å². The van der Waals surface area contributed by atoms with E-state index in [9.17, 15) is 0 Å². The Bertz CT molecular complexity index is 1120. The lowest BCUT2D eigenvalue weighted by Gasteiger charge is -2.08. The largest absolute Gasteiger partial charge is 0.489 e. The summed E-state index contributed by atoms with van der Waals surface area (Å²) >= 11 is 11.8. The fourth-order valence-electron chi connectivity index (χ4n) is 2.83. The maximum atomic E-state index is 5.91. The van der Waals surface area contributed by atoms with Crippen LogP contribution in [0.2, 0.25) is 10.0 Å². The molecular formula is C25H18Cl2N2O. The number of benzene rings is 4. The summed E-state index contributed by atoms with van der Waals surface area (Å²) in [4.78, 5) is 0. The van der Waals surface area contributed by atoms with Crippen LogP contribution >= 0.6 is 23.2 Å². The Hall–Kier alpha value is -3.14. The third-order valence-electron chi connectivity index (χ3n) is 4.48. The number of rotatable bonds is 6. The van der Waals surface area contributed by atoms with Crippen molar-refractivity contribution in [1.29, 1.82) is 0 Å². The van der Waals surface area contributed by atoms with Crippen LogP contribution in [-0.4, -0.2) is 0 Å². The lowest BCUT2D eigenvalue weighted by molar-refractivity contribution is 0.306. The van der Waals surface area contributed by atoms with Crippen molar-refractivity contribution in [2.75, 3.05) is 0 Å². The van der Waals surface area contributed by atoms with Crippen LogP contribution in [0.5, 0.6) is 5.75 Å². The van der Waals surface area contributed by atoms with Crippen LogP contribution in [0.4, 0.5) is 11.4 Å². The lowest BCUT2D eigenvalue weighted by Crippen LogP contribution is -1.94. The molecule has 0 unspecified atom stereocenters. The predicted octanol–water partition coefficient (Wildman–Crippen LogP) is 8.65. The summed E-state index contributed by atoms with van der Waals surface area (Å²) in [6.45, 7) is 0.504. The number of nitrogens with zero attached hydrogens (tertiary/aromatic N) is 2. The highest BCUT2D eigenvalue weighted by atomic mass is 35.5. The zero-order chi connectivity index (χ0) is 20.8. The summed E-state index contributed by atoms with van der Waals surface area (Å²) in [7, 11) is 0. The molecule has 0 radical (unpaired) electrons. The topological polar surface area (TPSA) is 34.0 Å². The molecule has 0 saturated heterocycles. The van der Waals surface area contributed by atoms with Gasteiger partial charge < -0.3 is 4.74 Å². The first-order chi connectivity index (χ1) is 14.7. The molecule has 5 heteroatoms. The monoisotopic (exact) mass is 432 g/mol. The van der Waals surface area contributed by atoms with E-state index >= 15 is 0 Å². The van der Waals surface area contributed by atoms with E-state index in [1.807, 2.05) is 84.9 Å². The standard InChI is InChI=1S/C25H18Cl2N2O/c26-21-7-1-18(2-8-21)17-30-25-15-5-20(6-16-25)19-3-11-23(12-4-19)28-29-24-13-9-22(27)10-14-24/h1-16H,17H2. The first kappa shape index (κ1) is 20.1. The van der Waals surface area contributed by atoms with Crippen LogP contribution in [0.1, 0.15) is 5.56 Å². The molecule has 4 aromatic rings. The second-order valence-electron chi connectivity index (χ2n) is 6.66. The number of hydrogen-bond acceptors (Lipinski definition) is 3. The van der Waals surface area contributed by atoms with Crippen LogP contribution in [0.25, 0.3) is 11.1 Å². The second-order valence-corrected chi connectivity index (χ2v) is 7.54. The quantitative estimate of drug-likeness (QED) is 0.280. The normalized spacial score (nSPS) is 11.0. The van der Waals surface area contributed by atoms with Gasteiger partial charge in [-0.2, -0.15) is 10.2 Å². The zero-order valence-corrected chi connectivity index (χ0v) is 17.5. The Morgan fingerprint density at radius 3 is 1.50 bits per heavy atom. The Morgan fingerprint density at radius 2 is 0.967 bits per heavy atom. The predicted molar refractivity (Wildman–Crippen MR) is 123 cm³/mol. The van der Waals surface area contributed by atoms with Crippen molar-refractivity contribution >= 4 is 34.6 Å². The Balaban J connectivity index is 1.37. The van der Waals surface area contributed by atoms with Gasteiger partial charge in [-0.1, -0.05) is 59.6 Å². The summed E-state index contributed by atoms with van der Waals surface area (Å²) in [5.41, 5.74) is 4.83. The van der Waals surface area contributed by atoms with Gasteiger partial charge in [0.2, 0.25) is 0 Å². The van der Waals surface area contributed by atoms with E-state index in [4.69, 9.17) is 27.9 Å². The molecule has 148 valence electrons. The molecule has 30 heavy (non-hydrogen) atoms. The average molecular weight is 433 g/mol. The third kappa shape index (κ3) is 5.47. The molecule has 3 nitrogen and oxygen atoms in total. The molecule has 4 aromatic carbocycles. The van der Waals surface area contributed by atoms with Crippen molar-refractivity contribution < 1.29 is 4.74 Å². The summed E-state index contributed by atoms with van der Waals surface area (Å²) in [5, 5.41) is 9.89. The van der Waals surface area contributed by atoms with Gasteiger partial charge in [-0.3, -0.25) is 0 Å². The smallest absolute Gasteiger partial charge is 0.119 e. The lowest BCUT2D eigenvalue weighted by atomic mass is 10.1. The van der Waals surface area contributed by atoms with E-state index in [0.29, 0.717) is 11.6 Å². The van der Waals surface area contributed by atoms with Gasteiger partial charge in [0.05, 0.1) is 11.4 Å². The summed E-state index contributed by atoms with van der Waals surface area (Å²) in [6.07, 6.45) is 0. The van der Waals surface area contributed by atoms with Gasteiger partial charge >= 0.3 is 0 Å². The number of halogens is 2. The molecule has 4 rings (SSSR count). The molecule has 0 aliphatic carbocycles. The summed E-state index contributed by atoms with van der Waals surface area (Å²) in [5.74, 6) is 0.821. The highest BCUT2D eigenvalue weighted by Gasteiger charge is 2.01. The van der Waals surface area contributed by atoms with Gasteiger partial charge in [0.15, 0.2) is 0 Å². The molecule has 0 bridgehead atoms. The Kier molecular flexibility index (Phi) is 6.43. The molecular weight excluding hydrogens is 415 g/mol. The third-order valence-corrected chi connectivity index (χ3v) is 4.99. The molecule has 0 saturated carbocycles. The highest BCUT2D eigenvalue weighted by Crippen LogP contribution is 2.26. The van der Waals surface area contributed by atoms with E-state index in [-0.39, 0.29) is 0 Å². The van der Waals surface area contributed by atoms with Gasteiger partial charge in [-0.05, 0) is 77.4 Å². The molecule has 0 atom stereocenters. The molecule has 0 N–H and O–H groups in total. The second kappa shape index (κ2) is 9.57. The molecule has 0 amide bonds. The van der Waals surface area contributed by atoms with Gasteiger partial charge in [-0.15, -0.1) is 0 Å². The van der Waals surface area contributed by atoms with Crippen molar-refractivity contribution in [2.45, 2.75) is 6.61 Å². The van der Waals surface area contributed by atoms with Crippen molar-refractivity contribution in [3.8, 4) is 16.9 Å². The Morgan fingerprint density at radius 1 is 0.533 bits per heavy atom. The van der Waals surface area contributed by atoms with Crippen molar-refractivity contribution in [3.63, 3.8) is 0 Å². The molecule has 0 aromatic heterocycles. The fourth-order valence-corrected chi connectivity index (χ4v) is 3.09. The van der Waals surface area contributed by atoms with E-state index in [1.54, 1.807) is 12.1 Å². The highest BCUT2D eigenvalue weighted by molar-refractivity contribution is 6.30. The SMILES string of the molecule is Clc1ccc(COc2ccc(-c3ccc(N=Nc4ccc(Cl)cc4)cc3)cc2)cc1. The van der Waals surface area contributed by atoms with Gasteiger partial charge in [0.25, 0.3) is 0 Å². The minimum Gasteiger partial charge on any atom is -0.489 e. The van der Waals surface area contributed by atoms with Crippen molar-refractivity contribution in [3.05, 3.63) is 113 Å². The molecule has 0 fully saturated rings. The van der Waals surface area contributed by atoms with Crippen LogP contribution in [0.3, 0.4) is 0 Å². The van der Waals surface area contributed by atoms with Crippen LogP contribution in [-0.2, 0) is 6.61 Å². The van der Waals surface area contributed by atoms with E-state index < -0.39 is 0 Å². The maximum absolute atomic E-state index is 5.91. The first-order valence-corrected chi connectivity index (χ1v) is 10.2. The zero-order valence-electron chi connectivity index (χ0n) is 16.0. The minimum atomic E-state index is 0.504. The maximum Gasteiger partial charge on any atom is 0.119 e. The molecule has 0 aliphatic rings.